The number of phenolic OH excluding ortho intramolecular Hbond substituents is 1. The monoisotopic (exact) mass is 539 g/mol. The standard InChI is InChI=1S/C17H13F6O.Os/c1-2-11-3-5-12(6-4-11)15(16(18,19)20,17(21,22)23)13-7-9-14(24)10-8-13;/h3-10,24H,1-2H2;/q-1;+1. The minimum absolute atomic E-state index is 0. The van der Waals surface area contributed by atoms with Gasteiger partial charge in [-0.25, -0.2) is 0 Å². The van der Waals surface area contributed by atoms with Crippen LogP contribution in [0.25, 0.3) is 0 Å². The van der Waals surface area contributed by atoms with Gasteiger partial charge < -0.3 is 12.0 Å². The number of hydrogen-bond donors (Lipinski definition) is 1. The second-order valence-electron chi connectivity index (χ2n) is 5.24. The molecule has 1 radical (unpaired) electrons. The molecule has 0 aliphatic carbocycles. The number of aromatic hydroxyl groups is 1. The Labute approximate surface area is 153 Å². The number of alkyl halides is 6. The van der Waals surface area contributed by atoms with Gasteiger partial charge in [-0.2, -0.15) is 32.8 Å². The SMILES string of the molecule is [CH2-]Cc1ccc(C(c2ccc(O)cc2)(C(F)(F)F)C(F)(F)F)cc1.[Os+]. The van der Waals surface area contributed by atoms with E-state index in [1.54, 1.807) is 0 Å². The van der Waals surface area contributed by atoms with Gasteiger partial charge in [-0.3, -0.25) is 0 Å². The van der Waals surface area contributed by atoms with Gasteiger partial charge in [0.15, 0.2) is 0 Å². The topological polar surface area (TPSA) is 20.2 Å². The van der Waals surface area contributed by atoms with E-state index in [1.807, 2.05) is 0 Å². The Kier molecular flexibility index (Phi) is 6.34. The second-order valence-corrected chi connectivity index (χ2v) is 5.24. The van der Waals surface area contributed by atoms with Gasteiger partial charge in [-0.15, -0.1) is 0 Å². The summed E-state index contributed by atoms with van der Waals surface area (Å²) in [6.07, 6.45) is -11.0. The van der Waals surface area contributed by atoms with Gasteiger partial charge in [0.1, 0.15) is 5.75 Å². The number of rotatable bonds is 3. The van der Waals surface area contributed by atoms with Crippen molar-refractivity contribution in [2.45, 2.75) is 24.2 Å². The van der Waals surface area contributed by atoms with E-state index in [-0.39, 0.29) is 26.2 Å². The molecule has 0 atom stereocenters. The molecule has 0 aromatic heterocycles. The molecule has 25 heavy (non-hydrogen) atoms. The molecule has 137 valence electrons. The van der Waals surface area contributed by atoms with Gasteiger partial charge >= 0.3 is 32.1 Å². The normalized spacial score (nSPS) is 12.6. The Balaban J connectivity index is 0.00000312. The molecule has 1 nitrogen and oxygen atoms in total. The fraction of sp³-hybridized carbons (Fsp3) is 0.235. The third kappa shape index (κ3) is 3.69. The molecule has 0 aliphatic rings. The number of benzene rings is 2. The molecule has 2 rings (SSSR count). The van der Waals surface area contributed by atoms with E-state index in [2.05, 4.69) is 6.92 Å². The van der Waals surface area contributed by atoms with Crippen LogP contribution in [0.4, 0.5) is 26.3 Å². The van der Waals surface area contributed by atoms with Crippen LogP contribution in [-0.4, -0.2) is 17.5 Å². The van der Waals surface area contributed by atoms with Gasteiger partial charge in [-0.1, -0.05) is 42.0 Å². The van der Waals surface area contributed by atoms with E-state index in [1.165, 1.54) is 12.1 Å². The molecular formula is C17H13F6OOs. The molecule has 2 aromatic carbocycles. The molecule has 0 amide bonds. The quantitative estimate of drug-likeness (QED) is 0.423. The predicted octanol–water partition coefficient (Wildman–Crippen LogP) is 5.18. The first kappa shape index (κ1) is 21.5. The van der Waals surface area contributed by atoms with Crippen molar-refractivity contribution in [1.82, 2.24) is 0 Å². The first-order valence-electron chi connectivity index (χ1n) is 6.85. The van der Waals surface area contributed by atoms with Gasteiger partial charge in [0, 0.05) is 0 Å². The van der Waals surface area contributed by atoms with Gasteiger partial charge in [-0.05, 0) is 23.3 Å². The summed E-state index contributed by atoms with van der Waals surface area (Å²) in [5.74, 6) is -0.426. The Bertz CT molecular complexity index is 675. The van der Waals surface area contributed by atoms with Crippen LogP contribution in [0.15, 0.2) is 48.5 Å². The molecule has 0 aliphatic heterocycles. The van der Waals surface area contributed by atoms with Gasteiger partial charge in [0.05, 0.1) is 0 Å². The maximum atomic E-state index is 13.7. The number of hydrogen-bond acceptors (Lipinski definition) is 1. The predicted molar refractivity (Wildman–Crippen MR) is 76.5 cm³/mol. The van der Waals surface area contributed by atoms with Crippen LogP contribution in [0.3, 0.4) is 0 Å². The van der Waals surface area contributed by atoms with Crippen LogP contribution in [0.5, 0.6) is 5.75 Å². The summed E-state index contributed by atoms with van der Waals surface area (Å²) in [7, 11) is 0. The van der Waals surface area contributed by atoms with Crippen LogP contribution >= 0.6 is 0 Å². The van der Waals surface area contributed by atoms with E-state index in [0.717, 1.165) is 24.3 Å². The zero-order chi connectivity index (χ0) is 18.2. The minimum Gasteiger partial charge on any atom is -0.508 e. The van der Waals surface area contributed by atoms with Crippen molar-refractivity contribution in [3.8, 4) is 5.75 Å². The summed E-state index contributed by atoms with van der Waals surface area (Å²) < 4.78 is 82.4. The second kappa shape index (κ2) is 7.37. The van der Waals surface area contributed by atoms with Crippen molar-refractivity contribution in [2.75, 3.05) is 0 Å². The van der Waals surface area contributed by atoms with E-state index in [0.29, 0.717) is 17.7 Å². The summed E-state index contributed by atoms with van der Waals surface area (Å²) >= 11 is 0. The zero-order valence-electron chi connectivity index (χ0n) is 12.6. The van der Waals surface area contributed by atoms with Crippen molar-refractivity contribution in [3.05, 3.63) is 72.1 Å². The molecule has 1 N–H and O–H groups in total. The maximum absolute atomic E-state index is 13.7. The Morgan fingerprint density at radius 3 is 1.40 bits per heavy atom. The van der Waals surface area contributed by atoms with Crippen LogP contribution in [0.1, 0.15) is 16.7 Å². The van der Waals surface area contributed by atoms with Crippen molar-refractivity contribution in [2.24, 2.45) is 0 Å². The summed E-state index contributed by atoms with van der Waals surface area (Å²) in [4.78, 5) is 0. The molecular weight excluding hydrogens is 524 g/mol. The third-order valence-electron chi connectivity index (χ3n) is 3.83. The van der Waals surface area contributed by atoms with Crippen molar-refractivity contribution < 1.29 is 51.2 Å². The van der Waals surface area contributed by atoms with E-state index >= 15 is 0 Å². The van der Waals surface area contributed by atoms with Gasteiger partial charge in [0.25, 0.3) is 0 Å². The Morgan fingerprint density at radius 1 is 0.720 bits per heavy atom. The summed E-state index contributed by atoms with van der Waals surface area (Å²) in [6.45, 7) is 3.54. The Morgan fingerprint density at radius 2 is 1.08 bits per heavy atom. The minimum atomic E-state index is -5.63. The maximum Gasteiger partial charge on any atom is 1.00 e. The summed E-state index contributed by atoms with van der Waals surface area (Å²) in [5, 5.41) is 9.20. The fourth-order valence-electron chi connectivity index (χ4n) is 2.61. The van der Waals surface area contributed by atoms with Gasteiger partial charge in [0.2, 0.25) is 5.41 Å². The molecule has 2 aromatic rings. The molecule has 8 heteroatoms. The molecule has 0 saturated carbocycles. The average molecular weight is 538 g/mol. The molecule has 0 unspecified atom stereocenters. The van der Waals surface area contributed by atoms with E-state index in [9.17, 15) is 31.4 Å². The average Bonchev–Trinajstić information content (AvgIpc) is 2.47. The van der Waals surface area contributed by atoms with E-state index in [4.69, 9.17) is 0 Å². The molecule has 0 fully saturated rings. The van der Waals surface area contributed by atoms with Crippen LogP contribution in [0, 0.1) is 6.92 Å². The molecule has 0 saturated heterocycles. The zero-order valence-corrected chi connectivity index (χ0v) is 15.1. The number of phenols is 1. The molecule has 0 bridgehead atoms. The Hall–Kier alpha value is -1.54. The summed E-state index contributed by atoms with van der Waals surface area (Å²) in [5.41, 5.74) is -5.62. The van der Waals surface area contributed by atoms with Crippen molar-refractivity contribution in [3.63, 3.8) is 0 Å². The van der Waals surface area contributed by atoms with Crippen LogP contribution in [-0.2, 0) is 31.6 Å². The molecule has 0 heterocycles. The van der Waals surface area contributed by atoms with Crippen molar-refractivity contribution in [1.29, 1.82) is 0 Å². The first-order chi connectivity index (χ1) is 11.0. The van der Waals surface area contributed by atoms with Crippen molar-refractivity contribution >= 4 is 0 Å². The van der Waals surface area contributed by atoms with E-state index < -0.39 is 34.6 Å². The fourth-order valence-corrected chi connectivity index (χ4v) is 2.61. The first-order valence-corrected chi connectivity index (χ1v) is 6.85. The van der Waals surface area contributed by atoms with Crippen LogP contribution in [0.2, 0.25) is 0 Å². The summed E-state index contributed by atoms with van der Waals surface area (Å²) in [6, 6.07) is 6.86. The smallest absolute Gasteiger partial charge is 0.508 e. The third-order valence-corrected chi connectivity index (χ3v) is 3.83. The molecule has 0 spiro atoms. The van der Waals surface area contributed by atoms with Crippen LogP contribution < -0.4 is 0 Å². The number of halogens is 6. The largest absolute Gasteiger partial charge is 1.00 e.